The van der Waals surface area contributed by atoms with Crippen molar-refractivity contribution in [2.24, 2.45) is 0 Å². The highest BCUT2D eigenvalue weighted by Crippen LogP contribution is 2.21. The maximum atomic E-state index is 4.68. The van der Waals surface area contributed by atoms with Crippen molar-refractivity contribution in [3.63, 3.8) is 0 Å². The SMILES string of the molecule is CC(C)c1cnc2c(NCc3ccccc3)nc(NCCCN(C)C)nn12. The van der Waals surface area contributed by atoms with Gasteiger partial charge in [-0.25, -0.2) is 9.50 Å². The van der Waals surface area contributed by atoms with Crippen LogP contribution in [0, 0.1) is 0 Å². The second kappa shape index (κ2) is 8.81. The number of nitrogens with one attached hydrogen (secondary N) is 2. The van der Waals surface area contributed by atoms with Crippen molar-refractivity contribution in [2.45, 2.75) is 32.7 Å². The van der Waals surface area contributed by atoms with Gasteiger partial charge in [-0.1, -0.05) is 44.2 Å². The minimum Gasteiger partial charge on any atom is -0.363 e. The normalized spacial score (nSPS) is 11.5. The molecule has 0 bridgehead atoms. The fraction of sp³-hybridized carbons (Fsp3) is 0.450. The zero-order valence-corrected chi connectivity index (χ0v) is 16.6. The predicted molar refractivity (Wildman–Crippen MR) is 110 cm³/mol. The maximum Gasteiger partial charge on any atom is 0.243 e. The molecule has 144 valence electrons. The van der Waals surface area contributed by atoms with Crippen molar-refractivity contribution in [1.29, 1.82) is 0 Å². The summed E-state index contributed by atoms with van der Waals surface area (Å²) in [5.41, 5.74) is 3.03. The van der Waals surface area contributed by atoms with Gasteiger partial charge in [-0.2, -0.15) is 4.98 Å². The first-order valence-electron chi connectivity index (χ1n) is 9.46. The number of anilines is 2. The summed E-state index contributed by atoms with van der Waals surface area (Å²) in [5, 5.41) is 11.4. The van der Waals surface area contributed by atoms with Crippen molar-refractivity contribution in [1.82, 2.24) is 24.5 Å². The van der Waals surface area contributed by atoms with E-state index in [1.807, 2.05) is 28.9 Å². The Balaban J connectivity index is 1.83. The Kier molecular flexibility index (Phi) is 6.24. The molecule has 0 saturated heterocycles. The van der Waals surface area contributed by atoms with Crippen LogP contribution in [0.2, 0.25) is 0 Å². The third kappa shape index (κ3) is 4.95. The average Bonchev–Trinajstić information content (AvgIpc) is 3.08. The fourth-order valence-electron chi connectivity index (χ4n) is 2.86. The third-order valence-corrected chi connectivity index (χ3v) is 4.35. The lowest BCUT2D eigenvalue weighted by Gasteiger charge is -2.13. The number of fused-ring (bicyclic) bond motifs is 1. The molecular weight excluding hydrogens is 338 g/mol. The Hall–Kier alpha value is -2.67. The molecule has 0 spiro atoms. The van der Waals surface area contributed by atoms with Crippen LogP contribution in [0.3, 0.4) is 0 Å². The molecule has 0 aliphatic heterocycles. The van der Waals surface area contributed by atoms with Crippen LogP contribution in [0.4, 0.5) is 11.8 Å². The van der Waals surface area contributed by atoms with Gasteiger partial charge in [0.15, 0.2) is 11.5 Å². The first-order chi connectivity index (χ1) is 13.0. The van der Waals surface area contributed by atoms with Crippen LogP contribution < -0.4 is 10.6 Å². The molecule has 0 amide bonds. The van der Waals surface area contributed by atoms with E-state index >= 15 is 0 Å². The van der Waals surface area contributed by atoms with Crippen LogP contribution in [0.5, 0.6) is 0 Å². The Morgan fingerprint density at radius 3 is 2.59 bits per heavy atom. The number of hydrogen-bond donors (Lipinski definition) is 2. The molecule has 7 heteroatoms. The molecule has 1 aromatic carbocycles. The van der Waals surface area contributed by atoms with Gasteiger partial charge in [-0.3, -0.25) is 0 Å². The van der Waals surface area contributed by atoms with E-state index in [1.54, 1.807) is 0 Å². The van der Waals surface area contributed by atoms with Crippen LogP contribution in [-0.4, -0.2) is 51.7 Å². The number of rotatable bonds is 9. The molecule has 0 radical (unpaired) electrons. The van der Waals surface area contributed by atoms with Crippen LogP contribution in [-0.2, 0) is 6.54 Å². The van der Waals surface area contributed by atoms with Crippen molar-refractivity contribution in [3.8, 4) is 0 Å². The van der Waals surface area contributed by atoms with Crippen LogP contribution >= 0.6 is 0 Å². The highest BCUT2D eigenvalue weighted by atomic mass is 15.4. The lowest BCUT2D eigenvalue weighted by molar-refractivity contribution is 0.405. The van der Waals surface area contributed by atoms with Crippen LogP contribution in [0.1, 0.15) is 37.4 Å². The largest absolute Gasteiger partial charge is 0.363 e. The Bertz CT molecular complexity index is 855. The Labute approximate surface area is 160 Å². The van der Waals surface area contributed by atoms with Gasteiger partial charge in [0.2, 0.25) is 5.95 Å². The van der Waals surface area contributed by atoms with Crippen molar-refractivity contribution in [3.05, 3.63) is 47.8 Å². The molecule has 7 nitrogen and oxygen atoms in total. The van der Waals surface area contributed by atoms with E-state index in [2.05, 4.69) is 70.7 Å². The van der Waals surface area contributed by atoms with E-state index in [0.717, 1.165) is 36.7 Å². The molecule has 0 fully saturated rings. The summed E-state index contributed by atoms with van der Waals surface area (Å²) in [5.74, 6) is 1.70. The van der Waals surface area contributed by atoms with Gasteiger partial charge in [0.1, 0.15) is 0 Å². The number of nitrogens with zero attached hydrogens (tertiary/aromatic N) is 5. The van der Waals surface area contributed by atoms with Gasteiger partial charge in [0.25, 0.3) is 0 Å². The molecule has 0 aliphatic rings. The van der Waals surface area contributed by atoms with E-state index in [1.165, 1.54) is 5.56 Å². The summed E-state index contributed by atoms with van der Waals surface area (Å²) in [4.78, 5) is 11.4. The van der Waals surface area contributed by atoms with Crippen molar-refractivity contribution in [2.75, 3.05) is 37.8 Å². The maximum absolute atomic E-state index is 4.68. The number of hydrogen-bond acceptors (Lipinski definition) is 6. The third-order valence-electron chi connectivity index (χ3n) is 4.35. The van der Waals surface area contributed by atoms with Crippen molar-refractivity contribution >= 4 is 17.4 Å². The van der Waals surface area contributed by atoms with Crippen LogP contribution in [0.25, 0.3) is 5.65 Å². The number of imidazole rings is 1. The second-order valence-corrected chi connectivity index (χ2v) is 7.28. The highest BCUT2D eigenvalue weighted by molar-refractivity contribution is 5.64. The second-order valence-electron chi connectivity index (χ2n) is 7.28. The molecule has 2 heterocycles. The molecule has 2 aromatic heterocycles. The van der Waals surface area contributed by atoms with E-state index < -0.39 is 0 Å². The van der Waals surface area contributed by atoms with E-state index in [0.29, 0.717) is 18.4 Å². The van der Waals surface area contributed by atoms with Gasteiger partial charge >= 0.3 is 0 Å². The summed E-state index contributed by atoms with van der Waals surface area (Å²) < 4.78 is 1.90. The molecular formula is C20H29N7. The minimum atomic E-state index is 0.332. The topological polar surface area (TPSA) is 70.4 Å². The van der Waals surface area contributed by atoms with Crippen LogP contribution in [0.15, 0.2) is 36.5 Å². The quantitative estimate of drug-likeness (QED) is 0.566. The molecule has 0 aliphatic carbocycles. The first-order valence-corrected chi connectivity index (χ1v) is 9.46. The summed E-state index contributed by atoms with van der Waals surface area (Å²) in [6, 6.07) is 10.3. The zero-order chi connectivity index (χ0) is 19.2. The number of aromatic nitrogens is 4. The lowest BCUT2D eigenvalue weighted by Crippen LogP contribution is -2.18. The van der Waals surface area contributed by atoms with Gasteiger partial charge < -0.3 is 15.5 Å². The summed E-state index contributed by atoms with van der Waals surface area (Å²) in [6.07, 6.45) is 2.92. The monoisotopic (exact) mass is 367 g/mol. The standard InChI is InChI=1S/C20H29N7/c1-15(2)17-14-23-19-18(22-13-16-9-6-5-7-10-16)24-20(25-27(17)19)21-11-8-12-26(3)4/h5-7,9-10,14-15H,8,11-13H2,1-4H3,(H2,21,22,24,25). The molecule has 0 atom stereocenters. The molecule has 27 heavy (non-hydrogen) atoms. The smallest absolute Gasteiger partial charge is 0.243 e. The molecule has 0 unspecified atom stereocenters. The summed E-state index contributed by atoms with van der Waals surface area (Å²) in [7, 11) is 4.16. The van der Waals surface area contributed by atoms with Gasteiger partial charge in [-0.05, 0) is 38.5 Å². The van der Waals surface area contributed by atoms with E-state index in [-0.39, 0.29) is 0 Å². The zero-order valence-electron chi connectivity index (χ0n) is 16.6. The number of benzene rings is 1. The van der Waals surface area contributed by atoms with Crippen molar-refractivity contribution < 1.29 is 0 Å². The average molecular weight is 368 g/mol. The summed E-state index contributed by atoms with van der Waals surface area (Å²) >= 11 is 0. The van der Waals surface area contributed by atoms with Gasteiger partial charge in [0, 0.05) is 13.1 Å². The fourth-order valence-corrected chi connectivity index (χ4v) is 2.86. The lowest BCUT2D eigenvalue weighted by atomic mass is 10.2. The molecule has 2 N–H and O–H groups in total. The predicted octanol–water partition coefficient (Wildman–Crippen LogP) is 3.22. The molecule has 0 saturated carbocycles. The highest BCUT2D eigenvalue weighted by Gasteiger charge is 2.15. The molecule has 3 aromatic rings. The molecule has 3 rings (SSSR count). The van der Waals surface area contributed by atoms with E-state index in [9.17, 15) is 0 Å². The summed E-state index contributed by atoms with van der Waals surface area (Å²) in [6.45, 7) is 6.83. The van der Waals surface area contributed by atoms with Gasteiger partial charge in [0.05, 0.1) is 11.9 Å². The van der Waals surface area contributed by atoms with Gasteiger partial charge in [-0.15, -0.1) is 5.10 Å². The Morgan fingerprint density at radius 1 is 1.11 bits per heavy atom. The first kappa shape index (κ1) is 19.1. The van der Waals surface area contributed by atoms with E-state index in [4.69, 9.17) is 0 Å². The Morgan fingerprint density at radius 2 is 1.89 bits per heavy atom. The minimum absolute atomic E-state index is 0.332.